The highest BCUT2D eigenvalue weighted by molar-refractivity contribution is 7.92. The minimum Gasteiger partial charge on any atom is -0.352 e. The van der Waals surface area contributed by atoms with E-state index in [4.69, 9.17) is 4.98 Å². The van der Waals surface area contributed by atoms with Crippen LogP contribution in [-0.2, 0) is 20.2 Å². The molecule has 4 aliphatic rings. The Bertz CT molecular complexity index is 1590. The quantitative estimate of drug-likeness (QED) is 0.521. The first-order chi connectivity index (χ1) is 18.7. The molecule has 1 spiro atoms. The number of sulfonamides is 1. The molecule has 1 aliphatic carbocycles. The predicted molar refractivity (Wildman–Crippen MR) is 154 cm³/mol. The fourth-order valence-corrected chi connectivity index (χ4v) is 7.49. The molecule has 3 fully saturated rings. The summed E-state index contributed by atoms with van der Waals surface area (Å²) < 4.78 is 27.3. The van der Waals surface area contributed by atoms with Crippen LogP contribution in [0, 0.1) is 0 Å². The average molecular weight is 547 g/mol. The summed E-state index contributed by atoms with van der Waals surface area (Å²) in [5, 5.41) is 0.983. The highest BCUT2D eigenvalue weighted by atomic mass is 32.2. The first-order valence-corrected chi connectivity index (χ1v) is 15.8. The number of carbonyl (C=O) groups is 1. The molecule has 0 bridgehead atoms. The molecule has 5 heterocycles. The molecule has 9 nitrogen and oxygen atoms in total. The smallest absolute Gasteiger partial charge is 0.237 e. The zero-order valence-electron chi connectivity index (χ0n) is 22.5. The summed E-state index contributed by atoms with van der Waals surface area (Å²) in [4.78, 5) is 29.1. The van der Waals surface area contributed by atoms with Crippen molar-refractivity contribution in [3.63, 3.8) is 0 Å². The molecular weight excluding hydrogens is 512 g/mol. The molecule has 1 saturated carbocycles. The van der Waals surface area contributed by atoms with Gasteiger partial charge in [0.1, 0.15) is 0 Å². The summed E-state index contributed by atoms with van der Waals surface area (Å²) in [5.74, 6) is 0.827. The van der Waals surface area contributed by atoms with Gasteiger partial charge in [-0.1, -0.05) is 18.9 Å². The standard InChI is InChI=1S/C29H34N6O3S/c1-33-25-16-30-23-8-7-19(13-22(23)26(25)29(28(33)36)9-6-10-29)20-14-24(32-39(2,37)38)27(31-15-20)35-17-21(18-35)34-11-4-3-5-12-34/h7-8,13-16,21,32H,3-6,9-12,17-18H2,1-2H3. The normalized spacial score (nSPS) is 21.2. The number of likely N-dealkylation sites (N-methyl/N-ethyl adjacent to an activating group) is 1. The Morgan fingerprint density at radius 2 is 1.74 bits per heavy atom. The zero-order chi connectivity index (χ0) is 26.9. The largest absolute Gasteiger partial charge is 0.352 e. The summed E-state index contributed by atoms with van der Waals surface area (Å²) in [6, 6.07) is 8.44. The van der Waals surface area contributed by atoms with Gasteiger partial charge in [0.15, 0.2) is 5.82 Å². The second-order valence-electron chi connectivity index (χ2n) is 11.7. The third kappa shape index (κ3) is 3.98. The number of amides is 1. The van der Waals surface area contributed by atoms with Crippen LogP contribution in [-0.4, -0.2) is 74.7 Å². The van der Waals surface area contributed by atoms with Gasteiger partial charge in [-0.25, -0.2) is 13.4 Å². The second-order valence-corrected chi connectivity index (χ2v) is 13.4. The van der Waals surface area contributed by atoms with Gasteiger partial charge in [0.2, 0.25) is 15.9 Å². The zero-order valence-corrected chi connectivity index (χ0v) is 23.3. The van der Waals surface area contributed by atoms with Crippen LogP contribution in [0.25, 0.3) is 22.0 Å². The molecule has 1 amide bonds. The number of pyridine rings is 2. The lowest BCUT2D eigenvalue weighted by molar-refractivity contribution is -0.125. The number of nitrogens with zero attached hydrogens (tertiary/aromatic N) is 5. The molecular formula is C29H34N6O3S. The number of benzene rings is 1. The monoisotopic (exact) mass is 546 g/mol. The van der Waals surface area contributed by atoms with E-state index in [0.29, 0.717) is 17.5 Å². The third-order valence-corrected chi connectivity index (χ3v) is 9.76. The van der Waals surface area contributed by atoms with Crippen molar-refractivity contribution in [2.75, 3.05) is 54.0 Å². The number of fused-ring (bicyclic) bond motifs is 4. The lowest BCUT2D eigenvalue weighted by Crippen LogP contribution is -2.60. The maximum Gasteiger partial charge on any atom is 0.237 e. The van der Waals surface area contributed by atoms with Gasteiger partial charge in [0.25, 0.3) is 0 Å². The summed E-state index contributed by atoms with van der Waals surface area (Å²) in [6.07, 6.45) is 11.4. The number of hydrogen-bond donors (Lipinski definition) is 1. The van der Waals surface area contributed by atoms with Gasteiger partial charge in [-0.3, -0.25) is 19.4 Å². The topological polar surface area (TPSA) is 98.7 Å². The van der Waals surface area contributed by atoms with Crippen molar-refractivity contribution < 1.29 is 13.2 Å². The molecule has 10 heteroatoms. The first-order valence-electron chi connectivity index (χ1n) is 13.9. The molecule has 0 unspecified atom stereocenters. The van der Waals surface area contributed by atoms with Gasteiger partial charge in [-0.05, 0) is 62.5 Å². The maximum absolute atomic E-state index is 13.2. The van der Waals surface area contributed by atoms with E-state index in [1.54, 1.807) is 4.90 Å². The van der Waals surface area contributed by atoms with E-state index < -0.39 is 15.4 Å². The molecule has 1 aromatic carbocycles. The number of piperidine rings is 1. The molecule has 3 aliphatic heterocycles. The highest BCUT2D eigenvalue weighted by Crippen LogP contribution is 2.55. The number of carbonyl (C=O) groups excluding carboxylic acids is 1. The molecule has 0 radical (unpaired) electrons. The van der Waals surface area contributed by atoms with E-state index in [0.717, 1.165) is 78.7 Å². The average Bonchev–Trinajstić information content (AvgIpc) is 3.10. The van der Waals surface area contributed by atoms with E-state index in [9.17, 15) is 13.2 Å². The van der Waals surface area contributed by atoms with Gasteiger partial charge in [0, 0.05) is 48.9 Å². The van der Waals surface area contributed by atoms with Crippen LogP contribution in [0.2, 0.25) is 0 Å². The fraction of sp³-hybridized carbons (Fsp3) is 0.483. The molecule has 204 valence electrons. The SMILES string of the molecule is CN1C(=O)C2(CCC2)c2c1cnc1ccc(-c3cnc(N4CC(N5CCCCC5)C4)c(NS(C)(=O)=O)c3)cc21. The van der Waals surface area contributed by atoms with Crippen LogP contribution in [0.1, 0.15) is 44.1 Å². The Labute approximate surface area is 229 Å². The Kier molecular flexibility index (Phi) is 5.65. The van der Waals surface area contributed by atoms with Crippen molar-refractivity contribution in [1.29, 1.82) is 0 Å². The van der Waals surface area contributed by atoms with Crippen LogP contribution in [0.3, 0.4) is 0 Å². The minimum atomic E-state index is -3.50. The second kappa shape index (κ2) is 8.89. The van der Waals surface area contributed by atoms with E-state index in [-0.39, 0.29) is 5.91 Å². The van der Waals surface area contributed by atoms with E-state index >= 15 is 0 Å². The highest BCUT2D eigenvalue weighted by Gasteiger charge is 2.54. The Morgan fingerprint density at radius 3 is 2.44 bits per heavy atom. The Morgan fingerprint density at radius 1 is 0.974 bits per heavy atom. The molecule has 2 saturated heterocycles. The number of rotatable bonds is 5. The van der Waals surface area contributed by atoms with Crippen LogP contribution in [0.4, 0.5) is 17.2 Å². The van der Waals surface area contributed by atoms with Crippen LogP contribution < -0.4 is 14.5 Å². The number of likely N-dealkylation sites (tertiary alicyclic amines) is 1. The van der Waals surface area contributed by atoms with E-state index in [2.05, 4.69) is 25.6 Å². The Balaban J connectivity index is 1.25. The van der Waals surface area contributed by atoms with Crippen molar-refractivity contribution in [2.45, 2.75) is 50.0 Å². The van der Waals surface area contributed by atoms with E-state index in [1.807, 2.05) is 37.6 Å². The van der Waals surface area contributed by atoms with Crippen molar-refractivity contribution >= 4 is 44.0 Å². The maximum atomic E-state index is 13.2. The number of hydrogen-bond acceptors (Lipinski definition) is 7. The van der Waals surface area contributed by atoms with Crippen LogP contribution in [0.15, 0.2) is 36.7 Å². The van der Waals surface area contributed by atoms with Crippen molar-refractivity contribution in [3.8, 4) is 11.1 Å². The molecule has 0 atom stereocenters. The summed E-state index contributed by atoms with van der Waals surface area (Å²) in [6.45, 7) is 3.98. The first kappa shape index (κ1) is 24.8. The van der Waals surface area contributed by atoms with Gasteiger partial charge in [-0.2, -0.15) is 0 Å². The molecule has 1 N–H and O–H groups in total. The molecule has 3 aromatic rings. The summed E-state index contributed by atoms with van der Waals surface area (Å²) >= 11 is 0. The van der Waals surface area contributed by atoms with Gasteiger partial charge in [-0.15, -0.1) is 0 Å². The predicted octanol–water partition coefficient (Wildman–Crippen LogP) is 3.74. The number of anilines is 3. The summed E-state index contributed by atoms with van der Waals surface area (Å²) in [5.41, 5.74) is 4.61. The summed E-state index contributed by atoms with van der Waals surface area (Å²) in [7, 11) is -1.66. The lowest BCUT2D eigenvalue weighted by Gasteiger charge is -2.47. The van der Waals surface area contributed by atoms with Crippen molar-refractivity contribution in [2.24, 2.45) is 0 Å². The number of aromatic nitrogens is 2. The third-order valence-electron chi connectivity index (χ3n) is 9.17. The Hall–Kier alpha value is -3.24. The van der Waals surface area contributed by atoms with Crippen LogP contribution in [0.5, 0.6) is 0 Å². The number of nitrogens with one attached hydrogen (secondary N) is 1. The van der Waals surface area contributed by atoms with Crippen molar-refractivity contribution in [1.82, 2.24) is 14.9 Å². The van der Waals surface area contributed by atoms with Gasteiger partial charge in [0.05, 0.1) is 34.8 Å². The minimum absolute atomic E-state index is 0.159. The lowest BCUT2D eigenvalue weighted by atomic mass is 9.64. The van der Waals surface area contributed by atoms with Crippen LogP contribution >= 0.6 is 0 Å². The molecule has 7 rings (SSSR count). The fourth-order valence-electron chi connectivity index (χ4n) is 6.94. The van der Waals surface area contributed by atoms with Gasteiger partial charge >= 0.3 is 0 Å². The van der Waals surface area contributed by atoms with E-state index in [1.165, 1.54) is 25.5 Å². The van der Waals surface area contributed by atoms with Gasteiger partial charge < -0.3 is 9.80 Å². The molecule has 2 aromatic heterocycles. The molecule has 39 heavy (non-hydrogen) atoms. The van der Waals surface area contributed by atoms with Crippen molar-refractivity contribution in [3.05, 3.63) is 42.2 Å².